The van der Waals surface area contributed by atoms with Gasteiger partial charge in [0.25, 0.3) is 0 Å². The average molecular weight is 318 g/mol. The molecule has 0 radical (unpaired) electrons. The number of benzene rings is 1. The van der Waals surface area contributed by atoms with Crippen molar-refractivity contribution in [2.45, 2.75) is 19.5 Å². The fourth-order valence-electron chi connectivity index (χ4n) is 2.17. The number of aromatic nitrogens is 1. The smallest absolute Gasteiger partial charge is 0.225 e. The second-order valence-corrected chi connectivity index (χ2v) is 5.97. The first-order chi connectivity index (χ1) is 10.7. The van der Waals surface area contributed by atoms with Crippen molar-refractivity contribution >= 4 is 22.9 Å². The van der Waals surface area contributed by atoms with Crippen LogP contribution in [0.3, 0.4) is 0 Å². The first-order valence-corrected chi connectivity index (χ1v) is 8.20. The number of carbonyl (C=O) groups excluding carboxylic acids is 1. The van der Waals surface area contributed by atoms with E-state index in [1.807, 2.05) is 30.8 Å². The average Bonchev–Trinajstić information content (AvgIpc) is 2.98. The highest BCUT2D eigenvalue weighted by molar-refractivity contribution is 7.07. The predicted octanol–water partition coefficient (Wildman–Crippen LogP) is 2.32. The van der Waals surface area contributed by atoms with Crippen LogP contribution in [0.2, 0.25) is 0 Å². The number of carbonyl (C=O) groups is 1. The number of rotatable bonds is 8. The molecule has 118 valence electrons. The molecule has 0 aliphatic heterocycles. The van der Waals surface area contributed by atoms with Crippen molar-refractivity contribution in [2.24, 2.45) is 0 Å². The molecule has 0 saturated carbocycles. The highest BCUT2D eigenvalue weighted by Gasteiger charge is 2.06. The topological polar surface area (TPSA) is 57.3 Å². The maximum Gasteiger partial charge on any atom is 0.225 e. The van der Waals surface area contributed by atoms with Gasteiger partial charge < -0.3 is 10.6 Å². The van der Waals surface area contributed by atoms with Gasteiger partial charge >= 0.3 is 0 Å². The Morgan fingerprint density at radius 2 is 2.23 bits per heavy atom. The third kappa shape index (κ3) is 5.55. The van der Waals surface area contributed by atoms with E-state index in [1.165, 1.54) is 5.56 Å². The Morgan fingerprint density at radius 3 is 2.95 bits per heavy atom. The zero-order chi connectivity index (χ0) is 15.8. The van der Waals surface area contributed by atoms with Crippen LogP contribution in [0.25, 0.3) is 0 Å². The minimum atomic E-state index is 0.0299. The van der Waals surface area contributed by atoms with Gasteiger partial charge in [-0.1, -0.05) is 12.1 Å². The molecule has 1 aromatic carbocycles. The molecule has 2 N–H and O–H groups in total. The minimum absolute atomic E-state index is 0.0299. The SMILES string of the molecule is CNCCC(=O)Nc1cccc(CN(C)Cc2cscn2)c1. The van der Waals surface area contributed by atoms with Gasteiger partial charge in [0.2, 0.25) is 5.91 Å². The van der Waals surface area contributed by atoms with Crippen molar-refractivity contribution in [2.75, 3.05) is 26.0 Å². The molecule has 0 saturated heterocycles. The van der Waals surface area contributed by atoms with Crippen LogP contribution < -0.4 is 10.6 Å². The molecule has 1 aromatic heterocycles. The summed E-state index contributed by atoms with van der Waals surface area (Å²) in [7, 11) is 3.91. The van der Waals surface area contributed by atoms with E-state index in [0.717, 1.165) is 24.5 Å². The second-order valence-electron chi connectivity index (χ2n) is 5.25. The Balaban J connectivity index is 1.89. The highest BCUT2D eigenvalue weighted by atomic mass is 32.1. The van der Waals surface area contributed by atoms with E-state index in [-0.39, 0.29) is 5.91 Å². The molecule has 0 unspecified atom stereocenters. The van der Waals surface area contributed by atoms with Gasteiger partial charge in [0.1, 0.15) is 0 Å². The summed E-state index contributed by atoms with van der Waals surface area (Å²) >= 11 is 1.61. The number of nitrogens with one attached hydrogen (secondary N) is 2. The van der Waals surface area contributed by atoms with Crippen molar-refractivity contribution in [1.82, 2.24) is 15.2 Å². The number of anilines is 1. The monoisotopic (exact) mass is 318 g/mol. The van der Waals surface area contributed by atoms with Gasteiger partial charge in [0.05, 0.1) is 11.2 Å². The Labute approximate surface area is 135 Å². The van der Waals surface area contributed by atoms with Gasteiger partial charge in [-0.15, -0.1) is 11.3 Å². The molecule has 2 aromatic rings. The van der Waals surface area contributed by atoms with Crippen molar-refractivity contribution in [1.29, 1.82) is 0 Å². The lowest BCUT2D eigenvalue weighted by Crippen LogP contribution is -2.19. The van der Waals surface area contributed by atoms with Crippen LogP contribution in [-0.4, -0.2) is 36.4 Å². The third-order valence-electron chi connectivity index (χ3n) is 3.18. The molecule has 0 spiro atoms. The van der Waals surface area contributed by atoms with Crippen molar-refractivity contribution in [3.8, 4) is 0 Å². The normalized spacial score (nSPS) is 10.9. The van der Waals surface area contributed by atoms with Gasteiger partial charge in [-0.05, 0) is 31.8 Å². The van der Waals surface area contributed by atoms with Crippen LogP contribution in [-0.2, 0) is 17.9 Å². The molecule has 1 heterocycles. The molecule has 1 amide bonds. The minimum Gasteiger partial charge on any atom is -0.326 e. The lowest BCUT2D eigenvalue weighted by atomic mass is 10.2. The van der Waals surface area contributed by atoms with Gasteiger partial charge in [0.15, 0.2) is 0 Å². The first kappa shape index (κ1) is 16.6. The predicted molar refractivity (Wildman–Crippen MR) is 90.9 cm³/mol. The number of hydrogen-bond acceptors (Lipinski definition) is 5. The van der Waals surface area contributed by atoms with E-state index in [0.29, 0.717) is 13.0 Å². The van der Waals surface area contributed by atoms with Crippen LogP contribution in [0.1, 0.15) is 17.7 Å². The number of nitrogens with zero attached hydrogens (tertiary/aromatic N) is 2. The Kier molecular flexibility index (Phi) is 6.51. The maximum atomic E-state index is 11.7. The fourth-order valence-corrected chi connectivity index (χ4v) is 2.72. The van der Waals surface area contributed by atoms with Crippen LogP contribution in [0.5, 0.6) is 0 Å². The maximum absolute atomic E-state index is 11.7. The highest BCUT2D eigenvalue weighted by Crippen LogP contribution is 2.14. The molecule has 2 rings (SSSR count). The van der Waals surface area contributed by atoms with E-state index < -0.39 is 0 Å². The molecule has 0 atom stereocenters. The molecule has 5 nitrogen and oxygen atoms in total. The molecular weight excluding hydrogens is 296 g/mol. The van der Waals surface area contributed by atoms with E-state index in [9.17, 15) is 4.79 Å². The zero-order valence-corrected chi connectivity index (χ0v) is 13.8. The van der Waals surface area contributed by atoms with Crippen LogP contribution in [0, 0.1) is 0 Å². The van der Waals surface area contributed by atoms with Crippen LogP contribution in [0.15, 0.2) is 35.2 Å². The van der Waals surface area contributed by atoms with Crippen molar-refractivity contribution in [3.63, 3.8) is 0 Å². The van der Waals surface area contributed by atoms with Crippen molar-refractivity contribution < 1.29 is 4.79 Å². The second kappa shape index (κ2) is 8.63. The van der Waals surface area contributed by atoms with Gasteiger partial charge in [-0.25, -0.2) is 4.98 Å². The standard InChI is InChI=1S/C16H22N4OS/c1-17-7-6-16(21)19-14-5-3-4-13(8-14)9-20(2)10-15-11-22-12-18-15/h3-5,8,11-12,17H,6-7,9-10H2,1-2H3,(H,19,21). The summed E-state index contributed by atoms with van der Waals surface area (Å²) in [6.45, 7) is 2.32. The summed E-state index contributed by atoms with van der Waals surface area (Å²) in [5.41, 5.74) is 4.96. The first-order valence-electron chi connectivity index (χ1n) is 7.26. The molecule has 0 aliphatic carbocycles. The summed E-state index contributed by atoms with van der Waals surface area (Å²) in [5, 5.41) is 7.96. The van der Waals surface area contributed by atoms with Crippen molar-refractivity contribution in [3.05, 3.63) is 46.4 Å². The Hall–Kier alpha value is -1.76. The van der Waals surface area contributed by atoms with Gasteiger partial charge in [0, 0.05) is 37.1 Å². The zero-order valence-electron chi connectivity index (χ0n) is 13.0. The number of thiazole rings is 1. The summed E-state index contributed by atoms with van der Waals surface area (Å²) in [6, 6.07) is 7.98. The summed E-state index contributed by atoms with van der Waals surface area (Å²) in [4.78, 5) is 18.3. The molecule has 0 fully saturated rings. The lowest BCUT2D eigenvalue weighted by Gasteiger charge is -2.16. The largest absolute Gasteiger partial charge is 0.326 e. The number of hydrogen-bond donors (Lipinski definition) is 2. The Bertz CT molecular complexity index is 586. The quantitative estimate of drug-likeness (QED) is 0.784. The molecule has 22 heavy (non-hydrogen) atoms. The lowest BCUT2D eigenvalue weighted by molar-refractivity contribution is -0.116. The van der Waals surface area contributed by atoms with E-state index in [2.05, 4.69) is 39.0 Å². The molecule has 0 bridgehead atoms. The third-order valence-corrected chi connectivity index (χ3v) is 3.82. The van der Waals surface area contributed by atoms with Gasteiger partial charge in [-0.2, -0.15) is 0 Å². The summed E-state index contributed by atoms with van der Waals surface area (Å²) < 4.78 is 0. The molecule has 0 aliphatic rings. The van der Waals surface area contributed by atoms with E-state index in [4.69, 9.17) is 0 Å². The molecular formula is C16H22N4OS. The van der Waals surface area contributed by atoms with E-state index >= 15 is 0 Å². The summed E-state index contributed by atoms with van der Waals surface area (Å²) in [5.74, 6) is 0.0299. The molecule has 6 heteroatoms. The fraction of sp³-hybridized carbons (Fsp3) is 0.375. The van der Waals surface area contributed by atoms with Crippen LogP contribution in [0.4, 0.5) is 5.69 Å². The Morgan fingerprint density at radius 1 is 1.36 bits per heavy atom. The van der Waals surface area contributed by atoms with Crippen LogP contribution >= 0.6 is 11.3 Å². The summed E-state index contributed by atoms with van der Waals surface area (Å²) in [6.07, 6.45) is 0.477. The van der Waals surface area contributed by atoms with Gasteiger partial charge in [-0.3, -0.25) is 9.69 Å². The van der Waals surface area contributed by atoms with E-state index in [1.54, 1.807) is 11.3 Å². The number of amides is 1.